The number of aryl methyl sites for hydroxylation is 1. The Bertz CT molecular complexity index is 877. The maximum atomic E-state index is 9.64. The molecule has 0 spiro atoms. The van der Waals surface area contributed by atoms with Crippen LogP contribution in [-0.2, 0) is 0 Å². The Morgan fingerprint density at radius 1 is 1.18 bits per heavy atom. The lowest BCUT2D eigenvalue weighted by molar-refractivity contribution is 0.471. The topological polar surface area (TPSA) is 94.5 Å². The van der Waals surface area contributed by atoms with Crippen LogP contribution in [0.3, 0.4) is 0 Å². The number of nitriles is 1. The van der Waals surface area contributed by atoms with Gasteiger partial charge in [0.15, 0.2) is 10.0 Å². The summed E-state index contributed by atoms with van der Waals surface area (Å²) in [5.41, 5.74) is 2.46. The Balaban J connectivity index is 2.00. The van der Waals surface area contributed by atoms with Gasteiger partial charge in [-0.25, -0.2) is 4.98 Å². The predicted molar refractivity (Wildman–Crippen MR) is 85.0 cm³/mol. The summed E-state index contributed by atoms with van der Waals surface area (Å²) < 4.78 is 4.09. The molecule has 22 heavy (non-hydrogen) atoms. The molecule has 8 heteroatoms. The Kier molecular flexibility index (Phi) is 3.91. The fraction of sp³-hybridized carbons (Fsp3) is 0.0714. The van der Waals surface area contributed by atoms with Crippen molar-refractivity contribution >= 4 is 32.9 Å². The maximum Gasteiger partial charge on any atom is 0.273 e. The van der Waals surface area contributed by atoms with E-state index in [1.54, 1.807) is 6.92 Å². The minimum absolute atomic E-state index is 0.0752. The number of azo groups is 1. The van der Waals surface area contributed by atoms with Crippen LogP contribution in [-0.4, -0.2) is 14.5 Å². The fourth-order valence-corrected chi connectivity index (χ4v) is 3.13. The highest BCUT2D eigenvalue weighted by Gasteiger charge is 2.14. The van der Waals surface area contributed by atoms with Crippen LogP contribution in [0.25, 0.3) is 11.3 Å². The van der Waals surface area contributed by atoms with Gasteiger partial charge in [0.25, 0.3) is 5.19 Å². The van der Waals surface area contributed by atoms with Gasteiger partial charge in [0.2, 0.25) is 0 Å². The van der Waals surface area contributed by atoms with E-state index in [-0.39, 0.29) is 5.19 Å². The Labute approximate surface area is 134 Å². The summed E-state index contributed by atoms with van der Waals surface area (Å²) in [6.07, 6.45) is 0. The highest BCUT2D eigenvalue weighted by molar-refractivity contribution is 7.17. The van der Waals surface area contributed by atoms with Gasteiger partial charge >= 0.3 is 0 Å². The lowest BCUT2D eigenvalue weighted by atomic mass is 10.2. The molecule has 0 saturated heterocycles. The first-order valence-corrected chi connectivity index (χ1v) is 7.81. The third-order valence-electron chi connectivity index (χ3n) is 2.83. The molecule has 0 fully saturated rings. The van der Waals surface area contributed by atoms with Gasteiger partial charge in [0.1, 0.15) is 17.3 Å². The van der Waals surface area contributed by atoms with Crippen LogP contribution in [0.4, 0.5) is 10.0 Å². The Hall–Kier alpha value is -2.63. The average Bonchev–Trinajstić information content (AvgIpc) is 3.08. The van der Waals surface area contributed by atoms with Gasteiger partial charge in [-0.3, -0.25) is 0 Å². The standard InChI is InChI=1S/C14H9N5OS2/c1-8-10(7-15)12(22-19-8)17-18-13-11(16-14(20)21-13)9-5-3-2-4-6-9/h2-6H,1H3,(H,16,20)/b18-17+. The lowest BCUT2D eigenvalue weighted by Crippen LogP contribution is -1.76. The maximum absolute atomic E-state index is 9.64. The van der Waals surface area contributed by atoms with E-state index in [1.807, 2.05) is 30.3 Å². The van der Waals surface area contributed by atoms with E-state index in [1.165, 1.54) is 0 Å². The molecule has 0 bridgehead atoms. The molecule has 0 radical (unpaired) electrons. The van der Waals surface area contributed by atoms with Crippen LogP contribution >= 0.6 is 22.9 Å². The summed E-state index contributed by atoms with van der Waals surface area (Å²) in [5.74, 6) is 0. The van der Waals surface area contributed by atoms with Crippen LogP contribution < -0.4 is 0 Å². The van der Waals surface area contributed by atoms with E-state index in [0.717, 1.165) is 28.4 Å². The minimum Gasteiger partial charge on any atom is -0.486 e. The smallest absolute Gasteiger partial charge is 0.273 e. The molecule has 6 nitrogen and oxygen atoms in total. The summed E-state index contributed by atoms with van der Waals surface area (Å²) >= 11 is 2.15. The summed E-state index contributed by atoms with van der Waals surface area (Å²) in [5, 5.41) is 27.8. The summed E-state index contributed by atoms with van der Waals surface area (Å²) in [7, 11) is 0. The third kappa shape index (κ3) is 2.72. The SMILES string of the molecule is Cc1nsc(/N=N/c2sc(O)nc2-c2ccccc2)c1C#N. The normalized spacial score (nSPS) is 10.9. The molecular weight excluding hydrogens is 318 g/mol. The molecule has 3 aromatic rings. The number of aromatic nitrogens is 2. The lowest BCUT2D eigenvalue weighted by Gasteiger charge is -1.96. The molecular formula is C14H9N5OS2. The summed E-state index contributed by atoms with van der Waals surface area (Å²) in [6, 6.07) is 11.5. The van der Waals surface area contributed by atoms with Gasteiger partial charge in [-0.1, -0.05) is 41.7 Å². The molecule has 0 atom stereocenters. The van der Waals surface area contributed by atoms with E-state index < -0.39 is 0 Å². The molecule has 0 amide bonds. The zero-order chi connectivity index (χ0) is 15.5. The zero-order valence-electron chi connectivity index (χ0n) is 11.4. The van der Waals surface area contributed by atoms with E-state index in [0.29, 0.717) is 27.0 Å². The van der Waals surface area contributed by atoms with E-state index in [2.05, 4.69) is 25.7 Å². The summed E-state index contributed by atoms with van der Waals surface area (Å²) in [4.78, 5) is 4.08. The van der Waals surface area contributed by atoms with E-state index in [9.17, 15) is 5.11 Å². The zero-order valence-corrected chi connectivity index (χ0v) is 13.0. The van der Waals surface area contributed by atoms with Crippen molar-refractivity contribution in [3.05, 3.63) is 41.6 Å². The van der Waals surface area contributed by atoms with Crippen molar-refractivity contribution in [1.29, 1.82) is 5.26 Å². The molecule has 0 aliphatic heterocycles. The van der Waals surface area contributed by atoms with Gasteiger partial charge in [-0.15, -0.1) is 10.2 Å². The van der Waals surface area contributed by atoms with Crippen LogP contribution in [0.2, 0.25) is 0 Å². The van der Waals surface area contributed by atoms with Crippen molar-refractivity contribution in [2.24, 2.45) is 10.2 Å². The number of benzene rings is 1. The van der Waals surface area contributed by atoms with Crippen molar-refractivity contribution in [2.75, 3.05) is 0 Å². The Morgan fingerprint density at radius 2 is 1.91 bits per heavy atom. The first-order valence-electron chi connectivity index (χ1n) is 6.22. The highest BCUT2D eigenvalue weighted by atomic mass is 32.1. The highest BCUT2D eigenvalue weighted by Crippen LogP contribution is 2.40. The predicted octanol–water partition coefficient (Wildman–Crippen LogP) is 4.57. The van der Waals surface area contributed by atoms with Crippen LogP contribution in [0.5, 0.6) is 5.19 Å². The molecule has 2 heterocycles. The quantitative estimate of drug-likeness (QED) is 0.713. The molecule has 108 valence electrons. The van der Waals surface area contributed by atoms with E-state index >= 15 is 0 Å². The monoisotopic (exact) mass is 327 g/mol. The van der Waals surface area contributed by atoms with Gasteiger partial charge in [-0.05, 0) is 18.5 Å². The number of rotatable bonds is 3. The van der Waals surface area contributed by atoms with Crippen molar-refractivity contribution in [2.45, 2.75) is 6.92 Å². The van der Waals surface area contributed by atoms with Gasteiger partial charge in [0, 0.05) is 5.56 Å². The van der Waals surface area contributed by atoms with Crippen molar-refractivity contribution in [3.63, 3.8) is 0 Å². The number of hydrogen-bond acceptors (Lipinski definition) is 8. The average molecular weight is 327 g/mol. The second-order valence-corrected chi connectivity index (χ2v) is 5.98. The van der Waals surface area contributed by atoms with Gasteiger partial charge in [0.05, 0.1) is 5.69 Å². The number of aromatic hydroxyl groups is 1. The summed E-state index contributed by atoms with van der Waals surface area (Å²) in [6.45, 7) is 1.75. The Morgan fingerprint density at radius 3 is 2.64 bits per heavy atom. The minimum atomic E-state index is -0.0752. The fourth-order valence-electron chi connectivity index (χ4n) is 1.80. The van der Waals surface area contributed by atoms with Crippen molar-refractivity contribution in [3.8, 4) is 22.5 Å². The number of nitrogens with zero attached hydrogens (tertiary/aromatic N) is 5. The molecule has 1 N–H and O–H groups in total. The van der Waals surface area contributed by atoms with Gasteiger partial charge < -0.3 is 5.11 Å². The number of hydrogen-bond donors (Lipinski definition) is 1. The van der Waals surface area contributed by atoms with Crippen molar-refractivity contribution < 1.29 is 5.11 Å². The van der Waals surface area contributed by atoms with Crippen LogP contribution in [0.1, 0.15) is 11.3 Å². The largest absolute Gasteiger partial charge is 0.486 e. The van der Waals surface area contributed by atoms with Crippen LogP contribution in [0, 0.1) is 18.3 Å². The van der Waals surface area contributed by atoms with Crippen LogP contribution in [0.15, 0.2) is 40.6 Å². The third-order valence-corrected chi connectivity index (χ3v) is 4.40. The second-order valence-electron chi connectivity index (χ2n) is 4.28. The molecule has 1 aromatic carbocycles. The molecule has 3 rings (SSSR count). The second kappa shape index (κ2) is 6.01. The molecule has 0 aliphatic carbocycles. The van der Waals surface area contributed by atoms with Gasteiger partial charge in [-0.2, -0.15) is 9.64 Å². The molecule has 0 aliphatic rings. The molecule has 0 saturated carbocycles. The van der Waals surface area contributed by atoms with E-state index in [4.69, 9.17) is 5.26 Å². The first-order chi connectivity index (χ1) is 10.7. The molecule has 2 aromatic heterocycles. The first kappa shape index (κ1) is 14.3. The molecule has 0 unspecified atom stereocenters. The van der Waals surface area contributed by atoms with Crippen molar-refractivity contribution in [1.82, 2.24) is 9.36 Å². The number of thiazole rings is 1.